The van der Waals surface area contributed by atoms with Crippen LogP contribution in [0.4, 0.5) is 0 Å². The SMILES string of the molecule is CCN1CCC(NC(=O)CCl)CC1. The Labute approximate surface area is 84.4 Å². The van der Waals surface area contributed by atoms with Crippen LogP contribution in [0, 0.1) is 0 Å². The van der Waals surface area contributed by atoms with E-state index in [4.69, 9.17) is 11.6 Å². The molecule has 0 atom stereocenters. The number of hydrogen-bond donors (Lipinski definition) is 1. The molecular formula is C9H17ClN2O. The predicted octanol–water partition coefficient (Wildman–Crippen LogP) is 0.826. The highest BCUT2D eigenvalue weighted by Crippen LogP contribution is 2.09. The normalized spacial score (nSPS) is 20.2. The first kappa shape index (κ1) is 10.8. The third-order valence-corrected chi connectivity index (χ3v) is 2.76. The van der Waals surface area contributed by atoms with Gasteiger partial charge in [0.2, 0.25) is 5.91 Å². The lowest BCUT2D eigenvalue weighted by Crippen LogP contribution is -2.44. The van der Waals surface area contributed by atoms with Crippen molar-refractivity contribution in [3.63, 3.8) is 0 Å². The zero-order valence-corrected chi connectivity index (χ0v) is 8.81. The van der Waals surface area contributed by atoms with E-state index in [2.05, 4.69) is 17.1 Å². The van der Waals surface area contributed by atoms with Gasteiger partial charge in [-0.1, -0.05) is 6.92 Å². The van der Waals surface area contributed by atoms with Crippen LogP contribution in [0.25, 0.3) is 0 Å². The number of rotatable bonds is 3. The Hall–Kier alpha value is -0.280. The minimum absolute atomic E-state index is 0.0448. The summed E-state index contributed by atoms with van der Waals surface area (Å²) < 4.78 is 0. The van der Waals surface area contributed by atoms with E-state index >= 15 is 0 Å². The largest absolute Gasteiger partial charge is 0.352 e. The lowest BCUT2D eigenvalue weighted by atomic mass is 10.1. The molecule has 0 bridgehead atoms. The van der Waals surface area contributed by atoms with Crippen molar-refractivity contribution in [2.24, 2.45) is 0 Å². The smallest absolute Gasteiger partial charge is 0.235 e. The summed E-state index contributed by atoms with van der Waals surface area (Å²) in [6.07, 6.45) is 2.10. The highest BCUT2D eigenvalue weighted by Gasteiger charge is 2.18. The van der Waals surface area contributed by atoms with Crippen molar-refractivity contribution in [1.29, 1.82) is 0 Å². The van der Waals surface area contributed by atoms with Crippen LogP contribution in [-0.2, 0) is 4.79 Å². The van der Waals surface area contributed by atoms with E-state index in [-0.39, 0.29) is 11.8 Å². The molecule has 3 nitrogen and oxygen atoms in total. The average Bonchev–Trinajstić information content (AvgIpc) is 2.19. The summed E-state index contributed by atoms with van der Waals surface area (Å²) >= 11 is 5.40. The molecule has 1 saturated heterocycles. The van der Waals surface area contributed by atoms with Gasteiger partial charge in [-0.3, -0.25) is 4.79 Å². The standard InChI is InChI=1S/C9H17ClN2O/c1-2-12-5-3-8(4-6-12)11-9(13)7-10/h8H,2-7H2,1H3,(H,11,13). The molecule has 0 aromatic rings. The Kier molecular flexibility index (Phi) is 4.53. The number of carbonyl (C=O) groups excluding carboxylic acids is 1. The second-order valence-electron chi connectivity index (χ2n) is 3.41. The number of piperidine rings is 1. The van der Waals surface area contributed by atoms with Gasteiger partial charge in [0.25, 0.3) is 0 Å². The van der Waals surface area contributed by atoms with E-state index in [9.17, 15) is 4.79 Å². The average molecular weight is 205 g/mol. The number of amides is 1. The first-order chi connectivity index (χ1) is 6.26. The minimum Gasteiger partial charge on any atom is -0.352 e. The molecule has 1 amide bonds. The van der Waals surface area contributed by atoms with Gasteiger partial charge < -0.3 is 10.2 Å². The number of likely N-dealkylation sites (tertiary alicyclic amines) is 1. The highest BCUT2D eigenvalue weighted by molar-refractivity contribution is 6.27. The molecule has 13 heavy (non-hydrogen) atoms. The van der Waals surface area contributed by atoms with Gasteiger partial charge in [0, 0.05) is 19.1 Å². The fraction of sp³-hybridized carbons (Fsp3) is 0.889. The lowest BCUT2D eigenvalue weighted by Gasteiger charge is -2.31. The molecule has 1 aliphatic heterocycles. The van der Waals surface area contributed by atoms with E-state index in [1.54, 1.807) is 0 Å². The van der Waals surface area contributed by atoms with Crippen LogP contribution in [0.3, 0.4) is 0 Å². The first-order valence-electron chi connectivity index (χ1n) is 4.84. The Bertz CT molecular complexity index is 167. The number of alkyl halides is 1. The molecule has 0 aromatic carbocycles. The summed E-state index contributed by atoms with van der Waals surface area (Å²) in [5.41, 5.74) is 0. The monoisotopic (exact) mass is 204 g/mol. The topological polar surface area (TPSA) is 32.3 Å². The number of halogens is 1. The van der Waals surface area contributed by atoms with Crippen molar-refractivity contribution in [2.45, 2.75) is 25.8 Å². The number of carbonyl (C=O) groups is 1. The van der Waals surface area contributed by atoms with Gasteiger partial charge in [0.1, 0.15) is 5.88 Å². The Morgan fingerprint density at radius 2 is 2.15 bits per heavy atom. The van der Waals surface area contributed by atoms with Crippen molar-refractivity contribution in [3.05, 3.63) is 0 Å². The molecule has 76 valence electrons. The van der Waals surface area contributed by atoms with E-state index in [0.717, 1.165) is 32.5 Å². The fourth-order valence-corrected chi connectivity index (χ4v) is 1.74. The molecule has 0 radical (unpaired) electrons. The van der Waals surface area contributed by atoms with Crippen LogP contribution < -0.4 is 5.32 Å². The minimum atomic E-state index is -0.0448. The zero-order valence-electron chi connectivity index (χ0n) is 8.05. The molecule has 1 heterocycles. The van der Waals surface area contributed by atoms with Gasteiger partial charge in [-0.05, 0) is 19.4 Å². The van der Waals surface area contributed by atoms with Crippen molar-refractivity contribution in [3.8, 4) is 0 Å². The van der Waals surface area contributed by atoms with Crippen molar-refractivity contribution >= 4 is 17.5 Å². The van der Waals surface area contributed by atoms with Crippen LogP contribution in [0.1, 0.15) is 19.8 Å². The van der Waals surface area contributed by atoms with Crippen LogP contribution in [-0.4, -0.2) is 42.4 Å². The Morgan fingerprint density at radius 3 is 2.62 bits per heavy atom. The fourth-order valence-electron chi connectivity index (χ4n) is 1.66. The van der Waals surface area contributed by atoms with Crippen LogP contribution in [0.15, 0.2) is 0 Å². The third-order valence-electron chi connectivity index (χ3n) is 2.52. The molecule has 0 spiro atoms. The van der Waals surface area contributed by atoms with Crippen LogP contribution >= 0.6 is 11.6 Å². The van der Waals surface area contributed by atoms with Gasteiger partial charge in [0.05, 0.1) is 0 Å². The predicted molar refractivity (Wildman–Crippen MR) is 54.0 cm³/mol. The molecule has 4 heteroatoms. The molecular weight excluding hydrogens is 188 g/mol. The number of nitrogens with zero attached hydrogens (tertiary/aromatic N) is 1. The molecule has 0 aromatic heterocycles. The molecule has 1 rings (SSSR count). The third kappa shape index (κ3) is 3.53. The summed E-state index contributed by atoms with van der Waals surface area (Å²) in [5, 5.41) is 2.92. The van der Waals surface area contributed by atoms with E-state index in [0.29, 0.717) is 6.04 Å². The molecule has 0 aliphatic carbocycles. The number of nitrogens with one attached hydrogen (secondary N) is 1. The quantitative estimate of drug-likeness (QED) is 0.691. The Morgan fingerprint density at radius 1 is 1.54 bits per heavy atom. The summed E-state index contributed by atoms with van der Waals surface area (Å²) in [7, 11) is 0. The molecule has 0 saturated carbocycles. The second kappa shape index (κ2) is 5.45. The van der Waals surface area contributed by atoms with Crippen LogP contribution in [0.2, 0.25) is 0 Å². The van der Waals surface area contributed by atoms with Crippen molar-refractivity contribution < 1.29 is 4.79 Å². The van der Waals surface area contributed by atoms with Gasteiger partial charge >= 0.3 is 0 Å². The Balaban J connectivity index is 2.21. The van der Waals surface area contributed by atoms with Gasteiger partial charge in [0.15, 0.2) is 0 Å². The maximum atomic E-state index is 11.0. The second-order valence-corrected chi connectivity index (χ2v) is 3.68. The van der Waals surface area contributed by atoms with E-state index in [1.165, 1.54) is 0 Å². The van der Waals surface area contributed by atoms with Crippen molar-refractivity contribution in [1.82, 2.24) is 10.2 Å². The van der Waals surface area contributed by atoms with E-state index < -0.39 is 0 Å². The maximum Gasteiger partial charge on any atom is 0.235 e. The molecule has 1 fully saturated rings. The lowest BCUT2D eigenvalue weighted by molar-refractivity contribution is -0.119. The highest BCUT2D eigenvalue weighted by atomic mass is 35.5. The zero-order chi connectivity index (χ0) is 9.68. The van der Waals surface area contributed by atoms with Gasteiger partial charge in [-0.25, -0.2) is 0 Å². The summed E-state index contributed by atoms with van der Waals surface area (Å²) in [6, 6.07) is 0.342. The van der Waals surface area contributed by atoms with Gasteiger partial charge in [-0.2, -0.15) is 0 Å². The molecule has 1 aliphatic rings. The van der Waals surface area contributed by atoms with Crippen LogP contribution in [0.5, 0.6) is 0 Å². The first-order valence-corrected chi connectivity index (χ1v) is 5.37. The summed E-state index contributed by atoms with van der Waals surface area (Å²) in [4.78, 5) is 13.4. The summed E-state index contributed by atoms with van der Waals surface area (Å²) in [5.74, 6) is 0.0326. The van der Waals surface area contributed by atoms with Gasteiger partial charge in [-0.15, -0.1) is 11.6 Å². The molecule has 0 unspecified atom stereocenters. The number of hydrogen-bond acceptors (Lipinski definition) is 2. The van der Waals surface area contributed by atoms with Crippen molar-refractivity contribution in [2.75, 3.05) is 25.5 Å². The van der Waals surface area contributed by atoms with E-state index in [1.807, 2.05) is 0 Å². The maximum absolute atomic E-state index is 11.0. The summed E-state index contributed by atoms with van der Waals surface area (Å²) in [6.45, 7) is 5.45. The molecule has 1 N–H and O–H groups in total.